The van der Waals surface area contributed by atoms with Crippen molar-refractivity contribution in [3.05, 3.63) is 206 Å². The predicted molar refractivity (Wildman–Crippen MR) is 231 cm³/mol. The average molecular weight is 687 g/mol. The van der Waals surface area contributed by atoms with Gasteiger partial charge in [0.15, 0.2) is 0 Å². The van der Waals surface area contributed by atoms with Gasteiger partial charge in [-0.3, -0.25) is 0 Å². The number of hydrogen-bond donors (Lipinski definition) is 0. The third-order valence-corrected chi connectivity index (χ3v) is 11.1. The molecule has 1 heterocycles. The fraction of sp³-hybridized carbons (Fsp3) is 0. The minimum Gasteiger partial charge on any atom is -0.309 e. The maximum absolute atomic E-state index is 2.50. The van der Waals surface area contributed by atoms with E-state index in [1.165, 1.54) is 76.0 Å². The van der Waals surface area contributed by atoms with E-state index in [1.807, 2.05) is 0 Å². The molecule has 0 aliphatic carbocycles. The molecule has 0 atom stereocenters. The minimum absolute atomic E-state index is 1.11. The van der Waals surface area contributed by atoms with Crippen molar-refractivity contribution in [3.8, 4) is 16.8 Å². The first kappa shape index (κ1) is 30.5. The summed E-state index contributed by atoms with van der Waals surface area (Å²) in [5.74, 6) is 0. The SMILES string of the molecule is c1ccc(-c2ccccc2N(c2ccc3c(c2)c2ccccc2n3-c2ccccc2)c2cc3ccc4ccccc4c3c3c2ccc2ccccc23)cc1. The Balaban J connectivity index is 1.28. The van der Waals surface area contributed by atoms with Crippen LogP contribution in [0.15, 0.2) is 206 Å². The molecule has 2 heteroatoms. The number of rotatable bonds is 5. The highest BCUT2D eigenvalue weighted by Crippen LogP contribution is 2.48. The van der Waals surface area contributed by atoms with Gasteiger partial charge in [0.25, 0.3) is 0 Å². The van der Waals surface area contributed by atoms with Crippen LogP contribution in [0.5, 0.6) is 0 Å². The Labute approximate surface area is 313 Å². The molecule has 1 aromatic heterocycles. The van der Waals surface area contributed by atoms with Crippen LogP contribution in [0.4, 0.5) is 17.1 Å². The second kappa shape index (κ2) is 12.2. The Bertz CT molecular complexity index is 3210. The number of anilines is 3. The maximum Gasteiger partial charge on any atom is 0.0546 e. The zero-order chi connectivity index (χ0) is 35.6. The standard InChI is InChI=1S/C52H34N2/c1-3-15-35(16-4-1)41-21-11-13-25-47(41)54(40-30-32-49-46(34-40)44-24-12-14-26-48(44)53(49)39-19-5-2-6-20-39)50-33-38-28-27-36-17-7-9-22-42(36)51(38)52-43-23-10-8-18-37(43)29-31-45(50)52/h1-34H. The van der Waals surface area contributed by atoms with Crippen molar-refractivity contribution < 1.29 is 0 Å². The summed E-state index contributed by atoms with van der Waals surface area (Å²) in [5, 5.41) is 12.5. The fourth-order valence-electron chi connectivity index (χ4n) is 8.75. The molecule has 2 nitrogen and oxygen atoms in total. The van der Waals surface area contributed by atoms with Gasteiger partial charge in [-0.1, -0.05) is 158 Å². The third-order valence-electron chi connectivity index (χ3n) is 11.1. The molecule has 0 spiro atoms. The van der Waals surface area contributed by atoms with Crippen LogP contribution in [0.25, 0.3) is 81.7 Å². The Hall–Kier alpha value is -7.16. The molecule has 0 aliphatic rings. The monoisotopic (exact) mass is 686 g/mol. The van der Waals surface area contributed by atoms with E-state index in [4.69, 9.17) is 0 Å². The molecule has 54 heavy (non-hydrogen) atoms. The van der Waals surface area contributed by atoms with Gasteiger partial charge >= 0.3 is 0 Å². The van der Waals surface area contributed by atoms with Gasteiger partial charge in [-0.15, -0.1) is 0 Å². The molecule has 0 fully saturated rings. The molecule has 252 valence electrons. The van der Waals surface area contributed by atoms with Gasteiger partial charge in [-0.05, 0) is 86.4 Å². The first-order chi connectivity index (χ1) is 26.8. The van der Waals surface area contributed by atoms with E-state index in [9.17, 15) is 0 Å². The number of para-hydroxylation sites is 3. The molecular formula is C52H34N2. The summed E-state index contributed by atoms with van der Waals surface area (Å²) in [4.78, 5) is 2.50. The molecule has 10 aromatic carbocycles. The van der Waals surface area contributed by atoms with E-state index in [1.54, 1.807) is 0 Å². The Morgan fingerprint density at radius 1 is 0.333 bits per heavy atom. The highest BCUT2D eigenvalue weighted by Gasteiger charge is 2.23. The second-order valence-corrected chi connectivity index (χ2v) is 14.1. The molecule has 0 bridgehead atoms. The van der Waals surface area contributed by atoms with E-state index in [0.29, 0.717) is 0 Å². The van der Waals surface area contributed by atoms with E-state index in [2.05, 4.69) is 216 Å². The van der Waals surface area contributed by atoms with E-state index >= 15 is 0 Å². The van der Waals surface area contributed by atoms with Crippen LogP contribution in [-0.4, -0.2) is 4.57 Å². The van der Waals surface area contributed by atoms with Crippen molar-refractivity contribution in [1.82, 2.24) is 4.57 Å². The van der Waals surface area contributed by atoms with Gasteiger partial charge in [0.2, 0.25) is 0 Å². The molecule has 11 aromatic rings. The van der Waals surface area contributed by atoms with Crippen molar-refractivity contribution in [2.45, 2.75) is 0 Å². The number of benzene rings is 10. The number of fused-ring (bicyclic) bond motifs is 10. The average Bonchev–Trinajstić information content (AvgIpc) is 3.58. The first-order valence-electron chi connectivity index (χ1n) is 18.6. The largest absolute Gasteiger partial charge is 0.309 e. The van der Waals surface area contributed by atoms with Crippen molar-refractivity contribution in [3.63, 3.8) is 0 Å². The van der Waals surface area contributed by atoms with E-state index in [-0.39, 0.29) is 0 Å². The lowest BCUT2D eigenvalue weighted by Crippen LogP contribution is -2.12. The highest BCUT2D eigenvalue weighted by atomic mass is 15.1. The van der Waals surface area contributed by atoms with Crippen LogP contribution < -0.4 is 4.90 Å². The third kappa shape index (κ3) is 4.67. The molecule has 0 radical (unpaired) electrons. The second-order valence-electron chi connectivity index (χ2n) is 14.1. The smallest absolute Gasteiger partial charge is 0.0546 e. The molecule has 0 N–H and O–H groups in total. The van der Waals surface area contributed by atoms with Gasteiger partial charge in [0, 0.05) is 38.5 Å². The molecule has 0 aliphatic heterocycles. The van der Waals surface area contributed by atoms with Crippen LogP contribution >= 0.6 is 0 Å². The summed E-state index contributed by atoms with van der Waals surface area (Å²) in [6.07, 6.45) is 0. The zero-order valence-corrected chi connectivity index (χ0v) is 29.5. The lowest BCUT2D eigenvalue weighted by Gasteiger charge is -2.30. The molecule has 0 unspecified atom stereocenters. The zero-order valence-electron chi connectivity index (χ0n) is 29.5. The van der Waals surface area contributed by atoms with Crippen molar-refractivity contribution in [2.24, 2.45) is 0 Å². The summed E-state index contributed by atoms with van der Waals surface area (Å²) >= 11 is 0. The normalized spacial score (nSPS) is 11.7. The van der Waals surface area contributed by atoms with E-state index < -0.39 is 0 Å². The number of hydrogen-bond acceptors (Lipinski definition) is 1. The van der Waals surface area contributed by atoms with Crippen molar-refractivity contribution in [1.29, 1.82) is 0 Å². The molecule has 11 rings (SSSR count). The maximum atomic E-state index is 2.50. The van der Waals surface area contributed by atoms with Crippen molar-refractivity contribution >= 4 is 82.0 Å². The molecule has 0 saturated carbocycles. The van der Waals surface area contributed by atoms with Crippen LogP contribution in [-0.2, 0) is 0 Å². The summed E-state index contributed by atoms with van der Waals surface area (Å²) in [5.41, 5.74) is 9.28. The summed E-state index contributed by atoms with van der Waals surface area (Å²) in [7, 11) is 0. The van der Waals surface area contributed by atoms with Crippen LogP contribution in [0.1, 0.15) is 0 Å². The molecular weight excluding hydrogens is 653 g/mol. The minimum atomic E-state index is 1.11. The lowest BCUT2D eigenvalue weighted by atomic mass is 9.91. The van der Waals surface area contributed by atoms with Gasteiger partial charge in [0.05, 0.1) is 22.4 Å². The lowest BCUT2D eigenvalue weighted by molar-refractivity contribution is 1.18. The van der Waals surface area contributed by atoms with Crippen molar-refractivity contribution in [2.75, 3.05) is 4.90 Å². The van der Waals surface area contributed by atoms with Gasteiger partial charge in [-0.25, -0.2) is 0 Å². The Kier molecular flexibility index (Phi) is 6.90. The Morgan fingerprint density at radius 3 is 1.72 bits per heavy atom. The summed E-state index contributed by atoms with van der Waals surface area (Å²) in [6.45, 7) is 0. The Morgan fingerprint density at radius 2 is 0.926 bits per heavy atom. The number of nitrogens with zero attached hydrogens (tertiary/aromatic N) is 2. The van der Waals surface area contributed by atoms with Gasteiger partial charge < -0.3 is 9.47 Å². The first-order valence-corrected chi connectivity index (χ1v) is 18.6. The summed E-state index contributed by atoms with van der Waals surface area (Å²) in [6, 6.07) is 75.4. The van der Waals surface area contributed by atoms with E-state index in [0.717, 1.165) is 22.7 Å². The molecule has 0 saturated heterocycles. The number of aromatic nitrogens is 1. The van der Waals surface area contributed by atoms with Crippen LogP contribution in [0, 0.1) is 0 Å². The van der Waals surface area contributed by atoms with Gasteiger partial charge in [-0.2, -0.15) is 0 Å². The molecule has 0 amide bonds. The predicted octanol–water partition coefficient (Wildman–Crippen LogP) is 14.5. The quantitative estimate of drug-likeness (QED) is 0.164. The fourth-order valence-corrected chi connectivity index (χ4v) is 8.75. The van der Waals surface area contributed by atoms with Crippen LogP contribution in [0.3, 0.4) is 0 Å². The van der Waals surface area contributed by atoms with Gasteiger partial charge in [0.1, 0.15) is 0 Å². The van der Waals surface area contributed by atoms with Crippen LogP contribution in [0.2, 0.25) is 0 Å². The topological polar surface area (TPSA) is 8.17 Å². The summed E-state index contributed by atoms with van der Waals surface area (Å²) < 4.78 is 2.39. The highest BCUT2D eigenvalue weighted by molar-refractivity contribution is 6.30.